The lowest BCUT2D eigenvalue weighted by Gasteiger charge is -2.39. The van der Waals surface area contributed by atoms with E-state index in [1.54, 1.807) is 0 Å². The maximum absolute atomic E-state index is 6.42. The fraction of sp³-hybridized carbons (Fsp3) is 1.00. The van der Waals surface area contributed by atoms with E-state index in [2.05, 4.69) is 25.8 Å². The predicted molar refractivity (Wildman–Crippen MR) is 69.4 cm³/mol. The first-order valence-corrected chi connectivity index (χ1v) is 7.00. The van der Waals surface area contributed by atoms with Crippen LogP contribution in [0.1, 0.15) is 58.8 Å². The minimum atomic E-state index is 0.341. The highest BCUT2D eigenvalue weighted by Crippen LogP contribution is 2.39. The molecule has 0 radical (unpaired) electrons. The van der Waals surface area contributed by atoms with Crippen molar-refractivity contribution in [2.75, 3.05) is 7.05 Å². The van der Waals surface area contributed by atoms with Gasteiger partial charge in [0, 0.05) is 18.1 Å². The molecule has 2 fully saturated rings. The van der Waals surface area contributed by atoms with E-state index in [1.165, 1.54) is 44.9 Å². The number of likely N-dealkylation sites (N-methyl/N-ethyl adjacent to an activating group) is 1. The highest BCUT2D eigenvalue weighted by molar-refractivity contribution is 4.99. The zero-order chi connectivity index (χ0) is 11.8. The van der Waals surface area contributed by atoms with Crippen LogP contribution in [-0.4, -0.2) is 30.1 Å². The Hall–Kier alpha value is -0.0800. The third-order valence-electron chi connectivity index (χ3n) is 5.08. The first kappa shape index (κ1) is 12.4. The van der Waals surface area contributed by atoms with Crippen molar-refractivity contribution in [2.24, 2.45) is 11.1 Å². The minimum absolute atomic E-state index is 0.341. The molecule has 2 rings (SSSR count). The molecule has 0 spiro atoms. The molecule has 2 N–H and O–H groups in total. The van der Waals surface area contributed by atoms with Crippen LogP contribution in [-0.2, 0) is 0 Å². The summed E-state index contributed by atoms with van der Waals surface area (Å²) in [4.78, 5) is 2.61. The van der Waals surface area contributed by atoms with E-state index >= 15 is 0 Å². The van der Waals surface area contributed by atoms with Crippen LogP contribution in [0, 0.1) is 5.41 Å². The molecule has 2 nitrogen and oxygen atoms in total. The summed E-state index contributed by atoms with van der Waals surface area (Å²) in [5.74, 6) is 0. The van der Waals surface area contributed by atoms with Gasteiger partial charge >= 0.3 is 0 Å². The highest BCUT2D eigenvalue weighted by Gasteiger charge is 2.42. The van der Waals surface area contributed by atoms with Crippen LogP contribution in [0.3, 0.4) is 0 Å². The predicted octanol–water partition coefficient (Wildman–Crippen LogP) is 2.77. The molecule has 2 saturated carbocycles. The van der Waals surface area contributed by atoms with Gasteiger partial charge in [-0.1, -0.05) is 33.1 Å². The molecule has 0 aliphatic heterocycles. The van der Waals surface area contributed by atoms with Crippen LogP contribution in [0.5, 0.6) is 0 Å². The van der Waals surface area contributed by atoms with Crippen LogP contribution in [0.4, 0.5) is 0 Å². The molecule has 0 aromatic heterocycles. The minimum Gasteiger partial charge on any atom is -0.326 e. The molecular weight excluding hydrogens is 196 g/mol. The molecule has 16 heavy (non-hydrogen) atoms. The van der Waals surface area contributed by atoms with E-state index in [-0.39, 0.29) is 0 Å². The normalized spacial score (nSPS) is 35.8. The van der Waals surface area contributed by atoms with Gasteiger partial charge < -0.3 is 5.73 Å². The van der Waals surface area contributed by atoms with E-state index in [0.29, 0.717) is 17.5 Å². The fourth-order valence-corrected chi connectivity index (χ4v) is 3.60. The van der Waals surface area contributed by atoms with Crippen molar-refractivity contribution in [1.29, 1.82) is 0 Å². The van der Waals surface area contributed by atoms with Crippen molar-refractivity contribution >= 4 is 0 Å². The average Bonchev–Trinajstić information content (AvgIpc) is 2.55. The molecule has 0 aromatic carbocycles. The second-order valence-electron chi connectivity index (χ2n) is 6.58. The average molecular weight is 224 g/mol. The lowest BCUT2D eigenvalue weighted by Crippen LogP contribution is -2.51. The van der Waals surface area contributed by atoms with Gasteiger partial charge in [0.15, 0.2) is 0 Å². The Morgan fingerprint density at radius 2 is 1.69 bits per heavy atom. The summed E-state index contributed by atoms with van der Waals surface area (Å²) in [6, 6.07) is 1.79. The summed E-state index contributed by atoms with van der Waals surface area (Å²) < 4.78 is 0. The Balaban J connectivity index is 1.97. The molecule has 2 aliphatic rings. The van der Waals surface area contributed by atoms with Crippen LogP contribution in [0.25, 0.3) is 0 Å². The zero-order valence-electron chi connectivity index (χ0n) is 11.2. The van der Waals surface area contributed by atoms with Crippen molar-refractivity contribution in [3.05, 3.63) is 0 Å². The Bertz CT molecular complexity index is 231. The largest absolute Gasteiger partial charge is 0.326 e. The summed E-state index contributed by atoms with van der Waals surface area (Å²) in [5, 5.41) is 0. The Morgan fingerprint density at radius 1 is 1.06 bits per heavy atom. The first-order valence-electron chi connectivity index (χ1n) is 7.00. The lowest BCUT2D eigenvalue weighted by molar-refractivity contribution is 0.118. The van der Waals surface area contributed by atoms with Crippen molar-refractivity contribution in [3.63, 3.8) is 0 Å². The number of rotatable bonds is 2. The molecule has 2 atom stereocenters. The quantitative estimate of drug-likeness (QED) is 0.781. The molecule has 0 bridgehead atoms. The van der Waals surface area contributed by atoms with E-state index in [9.17, 15) is 0 Å². The van der Waals surface area contributed by atoms with Gasteiger partial charge in [-0.2, -0.15) is 0 Å². The monoisotopic (exact) mass is 224 g/mol. The van der Waals surface area contributed by atoms with Crippen LogP contribution < -0.4 is 5.73 Å². The van der Waals surface area contributed by atoms with Crippen LogP contribution in [0.2, 0.25) is 0 Å². The standard InChI is InChI=1S/C14H28N2/c1-14(2)10-9-12(13(14)15)16(3)11-7-5-4-6-8-11/h11-13H,4-10,15H2,1-3H3. The molecule has 0 amide bonds. The van der Waals surface area contributed by atoms with Gasteiger partial charge in [0.25, 0.3) is 0 Å². The van der Waals surface area contributed by atoms with Crippen molar-refractivity contribution in [2.45, 2.75) is 76.9 Å². The summed E-state index contributed by atoms with van der Waals surface area (Å²) >= 11 is 0. The number of nitrogens with two attached hydrogens (primary N) is 1. The maximum atomic E-state index is 6.42. The Kier molecular flexibility index (Phi) is 3.60. The molecule has 0 heterocycles. The fourth-order valence-electron chi connectivity index (χ4n) is 3.60. The van der Waals surface area contributed by atoms with Crippen molar-refractivity contribution in [1.82, 2.24) is 4.90 Å². The van der Waals surface area contributed by atoms with Crippen molar-refractivity contribution in [3.8, 4) is 0 Å². The van der Waals surface area contributed by atoms with Gasteiger partial charge in [-0.15, -0.1) is 0 Å². The summed E-state index contributed by atoms with van der Waals surface area (Å²) in [5.41, 5.74) is 6.76. The second-order valence-corrected chi connectivity index (χ2v) is 6.58. The number of nitrogens with zero attached hydrogens (tertiary/aromatic N) is 1. The molecule has 2 heteroatoms. The molecule has 2 aliphatic carbocycles. The topological polar surface area (TPSA) is 29.3 Å². The van der Waals surface area contributed by atoms with Gasteiger partial charge in [0.2, 0.25) is 0 Å². The lowest BCUT2D eigenvalue weighted by atomic mass is 9.86. The summed E-state index contributed by atoms with van der Waals surface area (Å²) in [6.45, 7) is 4.65. The Labute approximate surface area is 101 Å². The van der Waals surface area contributed by atoms with Gasteiger partial charge in [-0.05, 0) is 38.1 Å². The third kappa shape index (κ3) is 2.28. The number of hydrogen-bond acceptors (Lipinski definition) is 2. The molecule has 94 valence electrons. The van der Waals surface area contributed by atoms with Crippen LogP contribution in [0.15, 0.2) is 0 Å². The number of hydrogen-bond donors (Lipinski definition) is 1. The summed E-state index contributed by atoms with van der Waals surface area (Å²) in [6.07, 6.45) is 9.63. The van der Waals surface area contributed by atoms with Gasteiger partial charge in [0.1, 0.15) is 0 Å². The van der Waals surface area contributed by atoms with E-state index in [1.807, 2.05) is 0 Å². The van der Waals surface area contributed by atoms with E-state index < -0.39 is 0 Å². The van der Waals surface area contributed by atoms with Gasteiger partial charge in [0.05, 0.1) is 0 Å². The van der Waals surface area contributed by atoms with Crippen LogP contribution >= 0.6 is 0 Å². The molecule has 2 unspecified atom stereocenters. The van der Waals surface area contributed by atoms with E-state index in [4.69, 9.17) is 5.73 Å². The van der Waals surface area contributed by atoms with Gasteiger partial charge in [-0.3, -0.25) is 4.90 Å². The third-order valence-corrected chi connectivity index (χ3v) is 5.08. The molecule has 0 aromatic rings. The Morgan fingerprint density at radius 3 is 2.19 bits per heavy atom. The maximum Gasteiger partial charge on any atom is 0.0252 e. The van der Waals surface area contributed by atoms with Crippen molar-refractivity contribution < 1.29 is 0 Å². The smallest absolute Gasteiger partial charge is 0.0252 e. The highest BCUT2D eigenvalue weighted by atomic mass is 15.2. The first-order chi connectivity index (χ1) is 7.52. The van der Waals surface area contributed by atoms with E-state index in [0.717, 1.165) is 6.04 Å². The molecular formula is C14H28N2. The SMILES string of the molecule is CN(C1CCCCC1)C1CCC(C)(C)C1N. The summed E-state index contributed by atoms with van der Waals surface area (Å²) in [7, 11) is 2.31. The zero-order valence-corrected chi connectivity index (χ0v) is 11.2. The van der Waals surface area contributed by atoms with Gasteiger partial charge in [-0.25, -0.2) is 0 Å². The molecule has 0 saturated heterocycles. The second kappa shape index (κ2) is 4.66.